The normalized spacial score (nSPS) is 26.2. The Hall–Kier alpha value is -1.36. The van der Waals surface area contributed by atoms with Gasteiger partial charge in [-0.2, -0.15) is 0 Å². The first-order valence-corrected chi connectivity index (χ1v) is 5.23. The van der Waals surface area contributed by atoms with Gasteiger partial charge in [0.05, 0.1) is 12.1 Å². The second kappa shape index (κ2) is 4.44. The summed E-state index contributed by atoms with van der Waals surface area (Å²) in [6.45, 7) is 0. The van der Waals surface area contributed by atoms with E-state index in [0.717, 1.165) is 25.7 Å². The molecule has 1 saturated carbocycles. The van der Waals surface area contributed by atoms with Crippen molar-refractivity contribution in [1.82, 2.24) is 5.16 Å². The lowest BCUT2D eigenvalue weighted by molar-refractivity contribution is -0.121. The van der Waals surface area contributed by atoms with Gasteiger partial charge in [-0.1, -0.05) is 18.0 Å². The monoisotopic (exact) mass is 209 g/mol. The molecule has 3 N–H and O–H groups in total. The maximum atomic E-state index is 11.8. The van der Waals surface area contributed by atoms with Gasteiger partial charge < -0.3 is 15.6 Å². The molecule has 1 aromatic rings. The van der Waals surface area contributed by atoms with Gasteiger partial charge in [-0.15, -0.1) is 0 Å². The lowest BCUT2D eigenvalue weighted by Gasteiger charge is -2.27. The number of nitrogens with zero attached hydrogens (tertiary/aromatic N) is 1. The summed E-state index contributed by atoms with van der Waals surface area (Å²) in [4.78, 5) is 11.8. The van der Waals surface area contributed by atoms with Gasteiger partial charge in [0.25, 0.3) is 0 Å². The number of rotatable bonds is 2. The van der Waals surface area contributed by atoms with E-state index in [-0.39, 0.29) is 17.9 Å². The number of hydrogen-bond donors (Lipinski definition) is 2. The fourth-order valence-electron chi connectivity index (χ4n) is 1.99. The van der Waals surface area contributed by atoms with Crippen LogP contribution in [0.15, 0.2) is 17.0 Å². The van der Waals surface area contributed by atoms with Crippen LogP contribution in [0.3, 0.4) is 0 Å². The minimum absolute atomic E-state index is 0.0152. The van der Waals surface area contributed by atoms with Gasteiger partial charge in [0, 0.05) is 6.04 Å². The fraction of sp³-hybridized carbons (Fsp3) is 0.600. The summed E-state index contributed by atoms with van der Waals surface area (Å²) in [6, 6.07) is -0.0152. The van der Waals surface area contributed by atoms with Crippen molar-refractivity contribution >= 4 is 11.6 Å². The summed E-state index contributed by atoms with van der Waals surface area (Å²) in [6.07, 6.45) is 6.89. The van der Waals surface area contributed by atoms with Crippen LogP contribution in [0.2, 0.25) is 0 Å². The number of carbonyl (C=O) groups excluding carboxylic acids is 1. The first kappa shape index (κ1) is 10.2. The molecule has 5 nitrogen and oxygen atoms in total. The van der Waals surface area contributed by atoms with Crippen LogP contribution in [0.1, 0.15) is 25.7 Å². The van der Waals surface area contributed by atoms with Crippen molar-refractivity contribution in [2.24, 2.45) is 11.7 Å². The topological polar surface area (TPSA) is 81.2 Å². The number of carbonyl (C=O) groups is 1. The Morgan fingerprint density at radius 1 is 1.53 bits per heavy atom. The van der Waals surface area contributed by atoms with Crippen LogP contribution in [0.5, 0.6) is 0 Å². The highest BCUT2D eigenvalue weighted by Gasteiger charge is 2.28. The second-order valence-electron chi connectivity index (χ2n) is 3.96. The molecule has 1 aliphatic rings. The van der Waals surface area contributed by atoms with Crippen molar-refractivity contribution in [2.45, 2.75) is 31.7 Å². The smallest absolute Gasteiger partial charge is 0.229 e. The van der Waals surface area contributed by atoms with Gasteiger partial charge in [-0.3, -0.25) is 4.79 Å². The molecule has 1 amide bonds. The minimum atomic E-state index is -0.0753. The van der Waals surface area contributed by atoms with E-state index in [2.05, 4.69) is 15.0 Å². The Kier molecular flexibility index (Phi) is 3.01. The summed E-state index contributed by atoms with van der Waals surface area (Å²) in [7, 11) is 0. The molecule has 1 aliphatic carbocycles. The molecule has 2 unspecified atom stereocenters. The number of anilines is 1. The Morgan fingerprint density at radius 2 is 2.33 bits per heavy atom. The van der Waals surface area contributed by atoms with Crippen molar-refractivity contribution in [3.05, 3.63) is 12.5 Å². The van der Waals surface area contributed by atoms with Crippen molar-refractivity contribution in [3.8, 4) is 0 Å². The molecule has 0 aliphatic heterocycles. The average molecular weight is 209 g/mol. The summed E-state index contributed by atoms with van der Waals surface area (Å²) in [5.41, 5.74) is 6.50. The molecule has 0 spiro atoms. The summed E-state index contributed by atoms with van der Waals surface area (Å²) < 4.78 is 4.63. The predicted molar refractivity (Wildman–Crippen MR) is 55.1 cm³/mol. The van der Waals surface area contributed by atoms with Crippen LogP contribution >= 0.6 is 0 Å². The fourth-order valence-corrected chi connectivity index (χ4v) is 1.99. The molecular formula is C10H15N3O2. The van der Waals surface area contributed by atoms with Crippen molar-refractivity contribution < 1.29 is 9.32 Å². The van der Waals surface area contributed by atoms with E-state index >= 15 is 0 Å². The average Bonchev–Trinajstić information content (AvgIpc) is 2.71. The number of amides is 1. The molecule has 1 heterocycles. The van der Waals surface area contributed by atoms with Gasteiger partial charge in [-0.25, -0.2) is 0 Å². The number of nitrogens with two attached hydrogens (primary N) is 1. The SMILES string of the molecule is NC1CCCCC1C(=O)Nc1cnoc1. The third-order valence-electron chi connectivity index (χ3n) is 2.86. The molecule has 1 fully saturated rings. The van der Waals surface area contributed by atoms with Gasteiger partial charge in [0.1, 0.15) is 12.0 Å². The largest absolute Gasteiger partial charge is 0.363 e. The van der Waals surface area contributed by atoms with Crippen LogP contribution in [0.25, 0.3) is 0 Å². The summed E-state index contributed by atoms with van der Waals surface area (Å²) >= 11 is 0. The lowest BCUT2D eigenvalue weighted by Crippen LogP contribution is -2.40. The van der Waals surface area contributed by atoms with E-state index in [1.807, 2.05) is 0 Å². The van der Waals surface area contributed by atoms with E-state index in [1.54, 1.807) is 0 Å². The Bertz CT molecular complexity index is 323. The second-order valence-corrected chi connectivity index (χ2v) is 3.96. The summed E-state index contributed by atoms with van der Waals surface area (Å²) in [5, 5.41) is 6.27. The van der Waals surface area contributed by atoms with Crippen LogP contribution < -0.4 is 11.1 Å². The highest BCUT2D eigenvalue weighted by molar-refractivity contribution is 5.92. The maximum absolute atomic E-state index is 11.8. The molecule has 82 valence electrons. The molecule has 0 aromatic carbocycles. The van der Waals surface area contributed by atoms with Gasteiger partial charge in [0.2, 0.25) is 5.91 Å². The lowest BCUT2D eigenvalue weighted by atomic mass is 9.84. The minimum Gasteiger partial charge on any atom is -0.363 e. The van der Waals surface area contributed by atoms with Gasteiger partial charge in [0.15, 0.2) is 0 Å². The first-order valence-electron chi connectivity index (χ1n) is 5.23. The quantitative estimate of drug-likeness (QED) is 0.765. The van der Waals surface area contributed by atoms with Gasteiger partial charge in [-0.05, 0) is 12.8 Å². The molecular weight excluding hydrogens is 194 g/mol. The summed E-state index contributed by atoms with van der Waals surface area (Å²) in [5.74, 6) is -0.0981. The predicted octanol–water partition coefficient (Wildman–Crippen LogP) is 1.13. The third-order valence-corrected chi connectivity index (χ3v) is 2.86. The van der Waals surface area contributed by atoms with Crippen LogP contribution in [0, 0.1) is 5.92 Å². The zero-order chi connectivity index (χ0) is 10.7. The van der Waals surface area contributed by atoms with E-state index < -0.39 is 0 Å². The van der Waals surface area contributed by atoms with Crippen molar-refractivity contribution in [1.29, 1.82) is 0 Å². The zero-order valence-corrected chi connectivity index (χ0v) is 8.48. The highest BCUT2D eigenvalue weighted by Crippen LogP contribution is 2.24. The van der Waals surface area contributed by atoms with E-state index in [1.165, 1.54) is 12.5 Å². The van der Waals surface area contributed by atoms with E-state index in [4.69, 9.17) is 5.73 Å². The first-order chi connectivity index (χ1) is 7.27. The molecule has 0 bridgehead atoms. The third kappa shape index (κ3) is 2.36. The maximum Gasteiger partial charge on any atom is 0.229 e. The molecule has 1 aromatic heterocycles. The highest BCUT2D eigenvalue weighted by atomic mass is 16.5. The Morgan fingerprint density at radius 3 is 3.00 bits per heavy atom. The Balaban J connectivity index is 1.95. The molecule has 2 rings (SSSR count). The van der Waals surface area contributed by atoms with Crippen LogP contribution in [-0.2, 0) is 4.79 Å². The number of nitrogens with one attached hydrogen (secondary N) is 1. The van der Waals surface area contributed by atoms with E-state index in [9.17, 15) is 4.79 Å². The van der Waals surface area contributed by atoms with Crippen LogP contribution in [0.4, 0.5) is 5.69 Å². The zero-order valence-electron chi connectivity index (χ0n) is 8.48. The standard InChI is InChI=1S/C10H15N3O2/c11-9-4-2-1-3-8(9)10(14)13-7-5-12-15-6-7/h5-6,8-9H,1-4,11H2,(H,13,14). The van der Waals surface area contributed by atoms with Crippen LogP contribution in [-0.4, -0.2) is 17.1 Å². The molecule has 0 radical (unpaired) electrons. The molecule has 15 heavy (non-hydrogen) atoms. The molecule has 2 atom stereocenters. The Labute approximate surface area is 88.0 Å². The van der Waals surface area contributed by atoms with E-state index in [0.29, 0.717) is 5.69 Å². The number of aromatic nitrogens is 1. The number of hydrogen-bond acceptors (Lipinski definition) is 4. The molecule has 0 saturated heterocycles. The van der Waals surface area contributed by atoms with Gasteiger partial charge >= 0.3 is 0 Å². The van der Waals surface area contributed by atoms with Crippen molar-refractivity contribution in [3.63, 3.8) is 0 Å². The molecule has 5 heteroatoms. The van der Waals surface area contributed by atoms with Crippen molar-refractivity contribution in [2.75, 3.05) is 5.32 Å².